The molecule has 0 N–H and O–H groups in total. The molecule has 0 bridgehead atoms. The maximum absolute atomic E-state index is 13.6. The second kappa shape index (κ2) is 9.02. The zero-order valence-electron chi connectivity index (χ0n) is 19.1. The first-order valence-corrected chi connectivity index (χ1v) is 10.4. The van der Waals surface area contributed by atoms with Crippen LogP contribution in [-0.4, -0.2) is 90.7 Å². The van der Waals surface area contributed by atoms with E-state index in [9.17, 15) is 4.79 Å². The van der Waals surface area contributed by atoms with E-state index in [2.05, 4.69) is 4.98 Å². The van der Waals surface area contributed by atoms with Gasteiger partial charge in [-0.05, 0) is 38.3 Å². The van der Waals surface area contributed by atoms with E-state index in [1.807, 2.05) is 6.07 Å². The first-order valence-electron chi connectivity index (χ1n) is 10.4. The second-order valence-electron chi connectivity index (χ2n) is 8.93. The summed E-state index contributed by atoms with van der Waals surface area (Å²) in [6.45, 7) is 3.47. The molecule has 1 aromatic heterocycles. The molecule has 1 saturated heterocycles. The number of nitrogens with zero attached hydrogens (tertiary/aromatic N) is 3. The monoisotopic (exact) mass is 429 g/mol. The van der Waals surface area contributed by atoms with E-state index in [0.717, 1.165) is 0 Å². The third-order valence-electron chi connectivity index (χ3n) is 5.93. The molecule has 2 heterocycles. The van der Waals surface area contributed by atoms with Gasteiger partial charge in [0.15, 0.2) is 5.60 Å². The summed E-state index contributed by atoms with van der Waals surface area (Å²) in [7, 11) is 49.2. The van der Waals surface area contributed by atoms with Crippen LogP contribution in [0.15, 0.2) is 18.3 Å². The molecule has 1 aliphatic heterocycles. The van der Waals surface area contributed by atoms with Gasteiger partial charge < -0.3 is 9.64 Å². The number of amides is 1. The molecule has 3 rings (SSSR count). The molecule has 0 aliphatic carbocycles. The van der Waals surface area contributed by atoms with E-state index in [4.69, 9.17) is 72.8 Å². The summed E-state index contributed by atoms with van der Waals surface area (Å²) in [5.41, 5.74) is -2.42. The average molecular weight is 428 g/mol. The van der Waals surface area contributed by atoms with Gasteiger partial charge in [0.2, 0.25) is 5.88 Å². The maximum Gasteiger partial charge on any atom is 0.266 e. The van der Waals surface area contributed by atoms with Gasteiger partial charge in [0.05, 0.1) is 29.1 Å². The lowest BCUT2D eigenvalue weighted by molar-refractivity contribution is -0.147. The molecule has 34 heavy (non-hydrogen) atoms. The minimum Gasteiger partial charge on any atom is -0.462 e. The Labute approximate surface area is 211 Å². The number of nitriles is 1. The number of aromatic nitrogens is 1. The van der Waals surface area contributed by atoms with E-state index in [0.29, 0.717) is 24.9 Å². The molecule has 5 nitrogen and oxygen atoms in total. The fourth-order valence-corrected chi connectivity index (χ4v) is 4.28. The van der Waals surface area contributed by atoms with Crippen molar-refractivity contribution >= 4 is 90.5 Å². The van der Waals surface area contributed by atoms with Crippen LogP contribution in [0.4, 0.5) is 0 Å². The zero-order valence-corrected chi connectivity index (χ0v) is 19.1. The zero-order chi connectivity index (χ0) is 25.6. The van der Waals surface area contributed by atoms with Gasteiger partial charge in [-0.3, -0.25) is 4.79 Å². The van der Waals surface area contributed by atoms with Crippen LogP contribution < -0.4 is 26.6 Å². The molecule has 0 spiro atoms. The smallest absolute Gasteiger partial charge is 0.266 e. The van der Waals surface area contributed by atoms with E-state index >= 15 is 0 Å². The molecule has 150 valence electrons. The van der Waals surface area contributed by atoms with Crippen LogP contribution in [0.2, 0.25) is 0 Å². The van der Waals surface area contributed by atoms with Crippen molar-refractivity contribution in [2.45, 2.75) is 42.8 Å². The number of likely N-dealkylation sites (tertiary alicyclic amines) is 1. The van der Waals surface area contributed by atoms with Crippen molar-refractivity contribution in [3.63, 3.8) is 0 Å². The minimum absolute atomic E-state index is 0.0119. The van der Waals surface area contributed by atoms with Crippen molar-refractivity contribution in [1.29, 1.82) is 5.26 Å². The summed E-state index contributed by atoms with van der Waals surface area (Å²) in [5.74, 6) is -0.272. The molecular weight excluding hydrogens is 413 g/mol. The molecular formula is C21H15B8N3O2. The van der Waals surface area contributed by atoms with Crippen LogP contribution >= 0.6 is 0 Å². The summed E-state index contributed by atoms with van der Waals surface area (Å²) in [5, 5.41) is 7.04. The van der Waals surface area contributed by atoms with Gasteiger partial charge in [0, 0.05) is 24.2 Å². The number of rotatable bonds is 5. The molecule has 16 radical (unpaired) electrons. The van der Waals surface area contributed by atoms with E-state index in [-0.39, 0.29) is 38.9 Å². The van der Waals surface area contributed by atoms with Gasteiger partial charge in [-0.1, -0.05) is 16.5 Å². The van der Waals surface area contributed by atoms with Gasteiger partial charge in [0.25, 0.3) is 5.91 Å². The third-order valence-corrected chi connectivity index (χ3v) is 5.93. The first kappa shape index (κ1) is 26.3. The van der Waals surface area contributed by atoms with Crippen LogP contribution in [0.1, 0.15) is 43.4 Å². The Morgan fingerprint density at radius 1 is 1.12 bits per heavy atom. The normalized spacial score (nSPS) is 18.4. The molecule has 0 saturated carbocycles. The number of carbonyl (C=O) groups is 1. The summed E-state index contributed by atoms with van der Waals surface area (Å²) in [4.78, 5) is 19.1. The van der Waals surface area contributed by atoms with E-state index < -0.39 is 22.1 Å². The highest BCUT2D eigenvalue weighted by Gasteiger charge is 2.47. The van der Waals surface area contributed by atoms with E-state index in [1.54, 1.807) is 13.8 Å². The molecule has 1 aliphatic rings. The number of hydrogen-bond donors (Lipinski definition) is 0. The molecule has 1 fully saturated rings. The standard InChI is InChI=1S/C21H15B8N3O2/c1-19(2,34-11-5-4-10(8-30)9-31-11)18(33)32-7-3-6-20(32,26)12-14(22)16(24)13(21(27,28)29)17(25)15(12)23/h4-5,9H,3,6-7H2,1-2H3/t20-/m0/s1. The van der Waals surface area contributed by atoms with Crippen molar-refractivity contribution in [2.24, 2.45) is 0 Å². The summed E-state index contributed by atoms with van der Waals surface area (Å²) >= 11 is 0. The Bertz CT molecular complexity index is 1150. The maximum atomic E-state index is 13.6. The lowest BCUT2D eigenvalue weighted by Gasteiger charge is -2.44. The largest absolute Gasteiger partial charge is 0.462 e. The Morgan fingerprint density at radius 2 is 1.71 bits per heavy atom. The lowest BCUT2D eigenvalue weighted by atomic mass is 9.36. The summed E-state index contributed by atoms with van der Waals surface area (Å²) in [6.07, 6.45) is 2.23. The Hall–Kier alpha value is -2.35. The minimum atomic E-state index is -1.90. The second-order valence-corrected chi connectivity index (χ2v) is 8.93. The number of pyridine rings is 1. The van der Waals surface area contributed by atoms with Crippen LogP contribution in [0.3, 0.4) is 0 Å². The van der Waals surface area contributed by atoms with Gasteiger partial charge in [-0.25, -0.2) is 4.98 Å². The fraction of sp³-hybridized carbons (Fsp3) is 0.381. The van der Waals surface area contributed by atoms with Crippen molar-refractivity contribution < 1.29 is 9.53 Å². The highest BCUT2D eigenvalue weighted by molar-refractivity contribution is 6.65. The molecule has 2 aromatic rings. The summed E-state index contributed by atoms with van der Waals surface area (Å²) in [6, 6.07) is 5.01. The van der Waals surface area contributed by atoms with Crippen molar-refractivity contribution in [3.8, 4) is 11.9 Å². The lowest BCUT2D eigenvalue weighted by Crippen LogP contribution is -2.61. The third kappa shape index (κ3) is 4.49. The van der Waals surface area contributed by atoms with Crippen LogP contribution in [0.5, 0.6) is 5.88 Å². The fourth-order valence-electron chi connectivity index (χ4n) is 4.28. The molecule has 1 amide bonds. The van der Waals surface area contributed by atoms with E-state index in [1.165, 1.54) is 23.2 Å². The van der Waals surface area contributed by atoms with Crippen molar-refractivity contribution in [3.05, 3.63) is 35.0 Å². The number of hydrogen-bond acceptors (Lipinski definition) is 4. The molecule has 1 aromatic carbocycles. The predicted octanol–water partition coefficient (Wildman–Crippen LogP) is -3.45. The van der Waals surface area contributed by atoms with Gasteiger partial charge in [-0.2, -0.15) is 5.26 Å². The molecule has 1 atom stereocenters. The van der Waals surface area contributed by atoms with Gasteiger partial charge in [0.1, 0.15) is 45.3 Å². The predicted molar refractivity (Wildman–Crippen MR) is 139 cm³/mol. The highest BCUT2D eigenvalue weighted by atomic mass is 16.5. The van der Waals surface area contributed by atoms with Crippen molar-refractivity contribution in [1.82, 2.24) is 9.88 Å². The number of carbonyl (C=O) groups excluding carboxylic acids is 1. The summed E-state index contributed by atoms with van der Waals surface area (Å²) < 4.78 is 5.85. The molecule has 13 heteroatoms. The molecule has 0 unspecified atom stereocenters. The number of ether oxygens (including phenoxy) is 1. The Morgan fingerprint density at radius 3 is 2.18 bits per heavy atom. The van der Waals surface area contributed by atoms with Crippen LogP contribution in [0.25, 0.3) is 0 Å². The number of benzene rings is 1. The topological polar surface area (TPSA) is 66.2 Å². The van der Waals surface area contributed by atoms with Crippen molar-refractivity contribution in [2.75, 3.05) is 6.54 Å². The van der Waals surface area contributed by atoms with Gasteiger partial charge in [-0.15, -0.1) is 16.0 Å². The highest BCUT2D eigenvalue weighted by Crippen LogP contribution is 2.36. The van der Waals surface area contributed by atoms with Crippen LogP contribution in [0, 0.1) is 11.3 Å². The first-order chi connectivity index (χ1) is 15.6. The van der Waals surface area contributed by atoms with Gasteiger partial charge >= 0.3 is 0 Å². The quantitative estimate of drug-likeness (QED) is 0.465. The Balaban J connectivity index is 2.03. The van der Waals surface area contributed by atoms with Crippen LogP contribution in [-0.2, 0) is 15.3 Å². The average Bonchev–Trinajstić information content (AvgIpc) is 3.13. The Kier molecular flexibility index (Phi) is 6.97. The SMILES string of the molecule is [B]c1c([B])c([C@]2([B])CCCN2C(=O)C(C)(C)Oc2ccc(C#N)cn2)c([B])c([B])c1C([B])([B])[B].